The van der Waals surface area contributed by atoms with Crippen molar-refractivity contribution in [1.29, 1.82) is 0 Å². The standard InChI is InChI=1S/C17H25NO/c1-3-14(10-12-4-5-12)18-17-9-7-13-6-8-15(19-2)11-16(13)17/h6,8,11-12,14,17-18H,3-5,7,9-10H2,1-2H3. The van der Waals surface area contributed by atoms with Crippen molar-refractivity contribution in [1.82, 2.24) is 5.32 Å². The van der Waals surface area contributed by atoms with Crippen LogP contribution in [0.3, 0.4) is 0 Å². The van der Waals surface area contributed by atoms with E-state index in [1.54, 1.807) is 7.11 Å². The van der Waals surface area contributed by atoms with Crippen LogP contribution < -0.4 is 10.1 Å². The van der Waals surface area contributed by atoms with E-state index in [-0.39, 0.29) is 0 Å². The first-order valence-corrected chi connectivity index (χ1v) is 7.73. The molecule has 0 spiro atoms. The molecular formula is C17H25NO. The van der Waals surface area contributed by atoms with Crippen molar-refractivity contribution in [3.63, 3.8) is 0 Å². The fraction of sp³-hybridized carbons (Fsp3) is 0.647. The third-order valence-corrected chi connectivity index (χ3v) is 4.68. The third kappa shape index (κ3) is 2.94. The highest BCUT2D eigenvalue weighted by atomic mass is 16.5. The second-order valence-corrected chi connectivity index (χ2v) is 6.11. The molecule has 2 unspecified atom stereocenters. The molecule has 1 N–H and O–H groups in total. The number of benzene rings is 1. The zero-order chi connectivity index (χ0) is 13.2. The van der Waals surface area contributed by atoms with Gasteiger partial charge in [0.05, 0.1) is 7.11 Å². The topological polar surface area (TPSA) is 21.3 Å². The number of methoxy groups -OCH3 is 1. The van der Waals surface area contributed by atoms with Crippen LogP contribution in [0.4, 0.5) is 0 Å². The maximum atomic E-state index is 5.37. The third-order valence-electron chi connectivity index (χ3n) is 4.68. The van der Waals surface area contributed by atoms with Crippen molar-refractivity contribution in [3.8, 4) is 5.75 Å². The van der Waals surface area contributed by atoms with Crippen LogP contribution in [0.2, 0.25) is 0 Å². The number of fused-ring (bicyclic) bond motifs is 1. The van der Waals surface area contributed by atoms with Crippen molar-refractivity contribution in [3.05, 3.63) is 29.3 Å². The molecule has 0 bridgehead atoms. The van der Waals surface area contributed by atoms with Gasteiger partial charge in [-0.1, -0.05) is 25.8 Å². The molecular weight excluding hydrogens is 234 g/mol. The van der Waals surface area contributed by atoms with Gasteiger partial charge in [-0.25, -0.2) is 0 Å². The molecule has 2 nitrogen and oxygen atoms in total. The molecule has 19 heavy (non-hydrogen) atoms. The first-order valence-electron chi connectivity index (χ1n) is 7.73. The monoisotopic (exact) mass is 259 g/mol. The van der Waals surface area contributed by atoms with E-state index < -0.39 is 0 Å². The minimum atomic E-state index is 0.536. The minimum absolute atomic E-state index is 0.536. The zero-order valence-electron chi connectivity index (χ0n) is 12.1. The predicted molar refractivity (Wildman–Crippen MR) is 78.6 cm³/mol. The maximum absolute atomic E-state index is 5.37. The van der Waals surface area contributed by atoms with E-state index in [1.165, 1.54) is 49.7 Å². The lowest BCUT2D eigenvalue weighted by atomic mass is 10.0. The van der Waals surface area contributed by atoms with Gasteiger partial charge in [-0.3, -0.25) is 0 Å². The van der Waals surface area contributed by atoms with Gasteiger partial charge in [0.1, 0.15) is 5.75 Å². The summed E-state index contributed by atoms with van der Waals surface area (Å²) in [4.78, 5) is 0. The SMILES string of the molecule is CCC(CC1CC1)NC1CCc2ccc(OC)cc21. The molecule has 1 saturated carbocycles. The van der Waals surface area contributed by atoms with Crippen LogP contribution in [0, 0.1) is 5.92 Å². The summed E-state index contributed by atoms with van der Waals surface area (Å²) in [6.45, 7) is 2.31. The van der Waals surface area contributed by atoms with E-state index >= 15 is 0 Å². The van der Waals surface area contributed by atoms with Crippen LogP contribution in [0.5, 0.6) is 5.75 Å². The van der Waals surface area contributed by atoms with Crippen molar-refractivity contribution >= 4 is 0 Å². The van der Waals surface area contributed by atoms with Crippen LogP contribution >= 0.6 is 0 Å². The lowest BCUT2D eigenvalue weighted by Crippen LogP contribution is -2.31. The van der Waals surface area contributed by atoms with Gasteiger partial charge in [0, 0.05) is 12.1 Å². The molecule has 0 aromatic heterocycles. The van der Waals surface area contributed by atoms with E-state index in [2.05, 4.69) is 30.4 Å². The van der Waals surface area contributed by atoms with Gasteiger partial charge in [-0.05, 0) is 54.9 Å². The van der Waals surface area contributed by atoms with Crippen molar-refractivity contribution in [2.75, 3.05) is 7.11 Å². The van der Waals surface area contributed by atoms with E-state index in [0.717, 1.165) is 11.7 Å². The minimum Gasteiger partial charge on any atom is -0.497 e. The number of rotatable bonds is 6. The Balaban J connectivity index is 1.69. The van der Waals surface area contributed by atoms with E-state index in [1.807, 2.05) is 0 Å². The summed E-state index contributed by atoms with van der Waals surface area (Å²) in [5.41, 5.74) is 2.97. The Morgan fingerprint density at radius 1 is 1.32 bits per heavy atom. The molecule has 1 aromatic rings. The number of aryl methyl sites for hydroxylation is 1. The molecule has 0 saturated heterocycles. The summed E-state index contributed by atoms with van der Waals surface area (Å²) < 4.78 is 5.37. The lowest BCUT2D eigenvalue weighted by Gasteiger charge is -2.23. The highest BCUT2D eigenvalue weighted by Crippen LogP contribution is 2.37. The van der Waals surface area contributed by atoms with E-state index in [0.29, 0.717) is 12.1 Å². The predicted octanol–water partition coefficient (Wildman–Crippen LogP) is 3.85. The lowest BCUT2D eigenvalue weighted by molar-refractivity contribution is 0.386. The molecule has 104 valence electrons. The molecule has 1 aromatic carbocycles. The van der Waals surface area contributed by atoms with E-state index in [9.17, 15) is 0 Å². The molecule has 0 radical (unpaired) electrons. The Bertz CT molecular complexity index is 439. The Labute approximate surface area is 116 Å². The molecule has 2 aliphatic carbocycles. The smallest absolute Gasteiger partial charge is 0.119 e. The van der Waals surface area contributed by atoms with Gasteiger partial charge in [0.2, 0.25) is 0 Å². The molecule has 0 aliphatic heterocycles. The highest BCUT2D eigenvalue weighted by Gasteiger charge is 2.28. The molecule has 0 amide bonds. The first-order chi connectivity index (χ1) is 9.30. The van der Waals surface area contributed by atoms with Crippen LogP contribution in [-0.4, -0.2) is 13.2 Å². The zero-order valence-corrected chi connectivity index (χ0v) is 12.1. The number of hydrogen-bond acceptors (Lipinski definition) is 2. The Morgan fingerprint density at radius 2 is 2.16 bits per heavy atom. The summed E-state index contributed by atoms with van der Waals surface area (Å²) in [6, 6.07) is 7.77. The summed E-state index contributed by atoms with van der Waals surface area (Å²) in [6.07, 6.45) is 7.96. The average Bonchev–Trinajstić information content (AvgIpc) is 3.18. The summed E-state index contributed by atoms with van der Waals surface area (Å²) >= 11 is 0. The average molecular weight is 259 g/mol. The Morgan fingerprint density at radius 3 is 2.84 bits per heavy atom. The molecule has 2 atom stereocenters. The fourth-order valence-corrected chi connectivity index (χ4v) is 3.27. The van der Waals surface area contributed by atoms with Gasteiger partial charge in [0.15, 0.2) is 0 Å². The van der Waals surface area contributed by atoms with Crippen molar-refractivity contribution < 1.29 is 4.74 Å². The van der Waals surface area contributed by atoms with Gasteiger partial charge in [-0.15, -0.1) is 0 Å². The number of nitrogens with one attached hydrogen (secondary N) is 1. The highest BCUT2D eigenvalue weighted by molar-refractivity contribution is 5.40. The van der Waals surface area contributed by atoms with E-state index in [4.69, 9.17) is 4.74 Å². The molecule has 2 heteroatoms. The molecule has 2 aliphatic rings. The van der Waals surface area contributed by atoms with Gasteiger partial charge in [-0.2, -0.15) is 0 Å². The van der Waals surface area contributed by atoms with Gasteiger partial charge >= 0.3 is 0 Å². The number of ether oxygens (including phenoxy) is 1. The second-order valence-electron chi connectivity index (χ2n) is 6.11. The normalized spacial score (nSPS) is 23.2. The van der Waals surface area contributed by atoms with Gasteiger partial charge < -0.3 is 10.1 Å². The molecule has 3 rings (SSSR count). The Hall–Kier alpha value is -1.02. The number of hydrogen-bond donors (Lipinski definition) is 1. The van der Waals surface area contributed by atoms with Crippen LogP contribution in [0.1, 0.15) is 56.2 Å². The van der Waals surface area contributed by atoms with Crippen molar-refractivity contribution in [2.45, 2.75) is 57.5 Å². The largest absolute Gasteiger partial charge is 0.497 e. The second kappa shape index (κ2) is 5.54. The maximum Gasteiger partial charge on any atom is 0.119 e. The van der Waals surface area contributed by atoms with Crippen molar-refractivity contribution in [2.24, 2.45) is 5.92 Å². The molecule has 0 heterocycles. The first kappa shape index (κ1) is 13.0. The summed E-state index contributed by atoms with van der Waals surface area (Å²) in [5.74, 6) is 1.99. The quantitative estimate of drug-likeness (QED) is 0.838. The van der Waals surface area contributed by atoms with Gasteiger partial charge in [0.25, 0.3) is 0 Å². The Kier molecular flexibility index (Phi) is 3.79. The summed E-state index contributed by atoms with van der Waals surface area (Å²) in [7, 11) is 1.75. The molecule has 1 fully saturated rings. The summed E-state index contributed by atoms with van der Waals surface area (Å²) in [5, 5.41) is 3.89. The van der Waals surface area contributed by atoms with Crippen LogP contribution in [0.25, 0.3) is 0 Å². The van der Waals surface area contributed by atoms with Crippen LogP contribution in [-0.2, 0) is 6.42 Å². The van der Waals surface area contributed by atoms with Crippen LogP contribution in [0.15, 0.2) is 18.2 Å². The fourth-order valence-electron chi connectivity index (χ4n) is 3.27.